The Morgan fingerprint density at radius 3 is 2.22 bits per heavy atom. The first-order chi connectivity index (χ1) is 13.2. The lowest BCUT2D eigenvalue weighted by Crippen LogP contribution is -2.30. The first-order valence-electron chi connectivity index (χ1n) is 12.0. The molecule has 1 aromatic rings. The Hall–Kier alpha value is -0.850. The van der Waals surface area contributed by atoms with Gasteiger partial charge in [-0.05, 0) is 85.3 Å². The maximum atomic E-state index is 13.6. The van der Waals surface area contributed by atoms with E-state index in [2.05, 4.69) is 13.0 Å². The van der Waals surface area contributed by atoms with Crippen molar-refractivity contribution >= 4 is 0 Å². The van der Waals surface area contributed by atoms with E-state index in [0.29, 0.717) is 5.92 Å². The molecule has 1 heteroatoms. The Bertz CT molecular complexity index is 586. The van der Waals surface area contributed by atoms with Crippen LogP contribution in [0.1, 0.15) is 102 Å². The molecule has 3 saturated carbocycles. The van der Waals surface area contributed by atoms with Crippen molar-refractivity contribution in [1.82, 2.24) is 0 Å². The number of hydrogen-bond donors (Lipinski definition) is 0. The minimum absolute atomic E-state index is 0.0636. The van der Waals surface area contributed by atoms with Crippen LogP contribution in [0.3, 0.4) is 0 Å². The van der Waals surface area contributed by atoms with E-state index in [9.17, 15) is 4.39 Å². The molecule has 4 rings (SSSR count). The van der Waals surface area contributed by atoms with Crippen molar-refractivity contribution in [2.45, 2.75) is 96.3 Å². The zero-order chi connectivity index (χ0) is 18.6. The first-order valence-corrected chi connectivity index (χ1v) is 12.0. The molecule has 3 aliphatic carbocycles. The quantitative estimate of drug-likeness (QED) is 0.491. The Labute approximate surface area is 166 Å². The van der Waals surface area contributed by atoms with Gasteiger partial charge in [0.05, 0.1) is 0 Å². The fraction of sp³-hybridized carbons (Fsp3) is 0.769. The summed E-state index contributed by atoms with van der Waals surface area (Å²) in [5.41, 5.74) is 1.25. The van der Waals surface area contributed by atoms with Crippen molar-refractivity contribution in [3.8, 4) is 0 Å². The zero-order valence-electron chi connectivity index (χ0n) is 17.3. The summed E-state index contributed by atoms with van der Waals surface area (Å²) in [5.74, 6) is 5.48. The van der Waals surface area contributed by atoms with Gasteiger partial charge in [-0.2, -0.15) is 0 Å². The van der Waals surface area contributed by atoms with Gasteiger partial charge in [-0.3, -0.25) is 0 Å². The number of hydrogen-bond acceptors (Lipinski definition) is 0. The van der Waals surface area contributed by atoms with Gasteiger partial charge in [0, 0.05) is 0 Å². The molecular formula is C26H39F. The van der Waals surface area contributed by atoms with Gasteiger partial charge in [-0.1, -0.05) is 70.4 Å². The van der Waals surface area contributed by atoms with E-state index in [1.54, 1.807) is 12.1 Å². The van der Waals surface area contributed by atoms with Crippen LogP contribution >= 0.6 is 0 Å². The van der Waals surface area contributed by atoms with Gasteiger partial charge >= 0.3 is 0 Å². The van der Waals surface area contributed by atoms with Crippen molar-refractivity contribution in [1.29, 1.82) is 0 Å². The minimum atomic E-state index is -0.0636. The van der Waals surface area contributed by atoms with Crippen LogP contribution in [0.15, 0.2) is 24.3 Å². The van der Waals surface area contributed by atoms with Crippen molar-refractivity contribution in [2.75, 3.05) is 0 Å². The predicted molar refractivity (Wildman–Crippen MR) is 112 cm³/mol. The maximum Gasteiger partial charge on any atom is 0.123 e. The number of benzene rings is 1. The summed E-state index contributed by atoms with van der Waals surface area (Å²) < 4.78 is 13.6. The van der Waals surface area contributed by atoms with Gasteiger partial charge in [0.1, 0.15) is 5.82 Å². The highest BCUT2D eigenvalue weighted by Gasteiger charge is 2.36. The normalized spacial score (nSPS) is 37.0. The smallest absolute Gasteiger partial charge is 0.123 e. The van der Waals surface area contributed by atoms with Crippen molar-refractivity contribution in [3.05, 3.63) is 35.6 Å². The van der Waals surface area contributed by atoms with E-state index >= 15 is 0 Å². The Balaban J connectivity index is 1.22. The molecule has 0 aromatic heterocycles. The molecule has 0 nitrogen and oxygen atoms in total. The van der Waals surface area contributed by atoms with Gasteiger partial charge in [0.15, 0.2) is 0 Å². The lowest BCUT2D eigenvalue weighted by molar-refractivity contribution is 0.108. The van der Waals surface area contributed by atoms with Crippen LogP contribution in [0.4, 0.5) is 4.39 Å². The predicted octanol–water partition coefficient (Wildman–Crippen LogP) is 8.12. The Morgan fingerprint density at radius 1 is 0.778 bits per heavy atom. The average Bonchev–Trinajstić information content (AvgIpc) is 2.72. The third-order valence-electron chi connectivity index (χ3n) is 8.57. The molecule has 0 saturated heterocycles. The number of rotatable bonds is 5. The van der Waals surface area contributed by atoms with Crippen molar-refractivity contribution in [2.24, 2.45) is 29.6 Å². The van der Waals surface area contributed by atoms with Crippen LogP contribution in [-0.2, 0) is 0 Å². The second-order valence-electron chi connectivity index (χ2n) is 10.1. The first kappa shape index (κ1) is 19.5. The maximum absolute atomic E-state index is 13.6. The molecule has 0 radical (unpaired) electrons. The van der Waals surface area contributed by atoms with Crippen LogP contribution in [0.25, 0.3) is 0 Å². The third kappa shape index (κ3) is 4.96. The summed E-state index contributed by atoms with van der Waals surface area (Å²) >= 11 is 0. The molecule has 1 aromatic carbocycles. The molecule has 27 heavy (non-hydrogen) atoms. The minimum Gasteiger partial charge on any atom is -0.207 e. The number of fused-ring (bicyclic) bond motifs is 1. The molecule has 0 heterocycles. The lowest BCUT2D eigenvalue weighted by atomic mass is 9.63. The van der Waals surface area contributed by atoms with Gasteiger partial charge in [-0.15, -0.1) is 0 Å². The highest BCUT2D eigenvalue weighted by Crippen LogP contribution is 2.48. The topological polar surface area (TPSA) is 0 Å². The summed E-state index contributed by atoms with van der Waals surface area (Å²) in [6.07, 6.45) is 18.8. The summed E-state index contributed by atoms with van der Waals surface area (Å²) in [6, 6.07) is 7.40. The van der Waals surface area contributed by atoms with Crippen molar-refractivity contribution in [3.63, 3.8) is 0 Å². The fourth-order valence-electron chi connectivity index (χ4n) is 6.71. The molecular weight excluding hydrogens is 331 g/mol. The monoisotopic (exact) mass is 370 g/mol. The fourth-order valence-corrected chi connectivity index (χ4v) is 6.71. The summed E-state index contributed by atoms with van der Waals surface area (Å²) in [5, 5.41) is 0. The molecule has 4 unspecified atom stereocenters. The largest absolute Gasteiger partial charge is 0.207 e. The molecule has 3 fully saturated rings. The highest BCUT2D eigenvalue weighted by atomic mass is 19.1. The highest BCUT2D eigenvalue weighted by molar-refractivity contribution is 5.21. The van der Waals surface area contributed by atoms with Gasteiger partial charge in [0.25, 0.3) is 0 Å². The van der Waals surface area contributed by atoms with Crippen LogP contribution < -0.4 is 0 Å². The summed E-state index contributed by atoms with van der Waals surface area (Å²) in [4.78, 5) is 0. The van der Waals surface area contributed by atoms with Gasteiger partial charge in [-0.25, -0.2) is 4.39 Å². The van der Waals surface area contributed by atoms with Crippen molar-refractivity contribution < 1.29 is 4.39 Å². The van der Waals surface area contributed by atoms with Gasteiger partial charge < -0.3 is 0 Å². The van der Waals surface area contributed by atoms with Crippen LogP contribution in [0, 0.1) is 35.4 Å². The average molecular weight is 371 g/mol. The van der Waals surface area contributed by atoms with Crippen LogP contribution in [0.5, 0.6) is 0 Å². The Morgan fingerprint density at radius 2 is 1.44 bits per heavy atom. The molecule has 0 amide bonds. The molecule has 0 spiro atoms. The molecule has 4 atom stereocenters. The van der Waals surface area contributed by atoms with E-state index in [-0.39, 0.29) is 5.82 Å². The van der Waals surface area contributed by atoms with E-state index in [1.807, 2.05) is 6.07 Å². The molecule has 150 valence electrons. The molecule has 0 N–H and O–H groups in total. The number of halogens is 1. The second-order valence-corrected chi connectivity index (χ2v) is 10.1. The molecule has 0 aliphatic heterocycles. The van der Waals surface area contributed by atoms with E-state index in [4.69, 9.17) is 0 Å². The van der Waals surface area contributed by atoms with Crippen LogP contribution in [-0.4, -0.2) is 0 Å². The van der Waals surface area contributed by atoms with Crippen LogP contribution in [0.2, 0.25) is 0 Å². The molecule has 0 bridgehead atoms. The third-order valence-corrected chi connectivity index (χ3v) is 8.57. The SMILES string of the molecule is CCC1CCC(CCC2CCC3CC(c4cccc(F)c4)CCC3C2)CC1. The second kappa shape index (κ2) is 9.10. The van der Waals surface area contributed by atoms with E-state index in [1.165, 1.54) is 89.0 Å². The van der Waals surface area contributed by atoms with E-state index in [0.717, 1.165) is 29.6 Å². The zero-order valence-corrected chi connectivity index (χ0v) is 17.3. The van der Waals surface area contributed by atoms with E-state index < -0.39 is 0 Å². The standard InChI is InChI=1S/C26H39F/c1-2-19-6-8-20(9-7-19)10-11-21-12-13-24-17-25(15-14-23(24)16-21)22-4-3-5-26(27)18-22/h3-5,18-21,23-25H,2,6-17H2,1H3. The molecule has 3 aliphatic rings. The summed E-state index contributed by atoms with van der Waals surface area (Å²) in [7, 11) is 0. The van der Waals surface area contributed by atoms with Gasteiger partial charge in [0.2, 0.25) is 0 Å². The lowest BCUT2D eigenvalue weighted by Gasteiger charge is -2.42. The Kier molecular flexibility index (Phi) is 6.56. The summed E-state index contributed by atoms with van der Waals surface area (Å²) in [6.45, 7) is 2.37.